The number of carboxylic acid groups (broad SMARTS) is 1. The number of carbonyl (C=O) groups excluding carboxylic acids is 1. The molecule has 0 saturated carbocycles. The number of ether oxygens (including phenoxy) is 1. The molecule has 0 bridgehead atoms. The van der Waals surface area contributed by atoms with E-state index in [9.17, 15) is 9.59 Å². The Bertz CT molecular complexity index is 513. The molecule has 0 radical (unpaired) electrons. The largest absolute Gasteiger partial charge is 0.477 e. The van der Waals surface area contributed by atoms with Gasteiger partial charge in [0.25, 0.3) is 0 Å². The maximum absolute atomic E-state index is 11.9. The van der Waals surface area contributed by atoms with Crippen molar-refractivity contribution >= 4 is 12.1 Å². The fourth-order valence-electron chi connectivity index (χ4n) is 2.08. The topological polar surface area (TPSA) is 71.8 Å². The van der Waals surface area contributed by atoms with Crippen LogP contribution in [-0.4, -0.2) is 38.8 Å². The van der Waals surface area contributed by atoms with Crippen molar-refractivity contribution in [2.45, 2.75) is 39.5 Å². The summed E-state index contributed by atoms with van der Waals surface area (Å²) in [6.07, 6.45) is -0.364. The summed E-state index contributed by atoms with van der Waals surface area (Å²) in [6.45, 7) is 6.77. The van der Waals surface area contributed by atoms with Gasteiger partial charge in [-0.25, -0.2) is 9.59 Å². The second kappa shape index (κ2) is 4.60. The van der Waals surface area contributed by atoms with Crippen molar-refractivity contribution in [3.63, 3.8) is 0 Å². The molecule has 2 heterocycles. The number of fused-ring (bicyclic) bond motifs is 1. The zero-order valence-electron chi connectivity index (χ0n) is 11.3. The van der Waals surface area contributed by atoms with E-state index in [1.807, 2.05) is 20.8 Å². The minimum atomic E-state index is -0.947. The molecule has 1 aromatic rings. The predicted molar refractivity (Wildman–Crippen MR) is 68.0 cm³/mol. The lowest BCUT2D eigenvalue weighted by Crippen LogP contribution is -2.41. The maximum Gasteiger partial charge on any atom is 0.410 e. The lowest BCUT2D eigenvalue weighted by molar-refractivity contribution is 0.0198. The number of hydrogen-bond acceptors (Lipinski definition) is 3. The van der Waals surface area contributed by atoms with E-state index in [0.717, 1.165) is 5.69 Å². The number of carbonyl (C=O) groups is 2. The molecule has 0 unspecified atom stereocenters. The maximum atomic E-state index is 11.9. The molecule has 2 rings (SSSR count). The summed E-state index contributed by atoms with van der Waals surface area (Å²) in [4.78, 5) is 24.5. The van der Waals surface area contributed by atoms with E-state index in [1.54, 1.807) is 21.6 Å². The van der Waals surface area contributed by atoms with Crippen LogP contribution in [0.15, 0.2) is 12.1 Å². The molecule has 1 amide bonds. The normalized spacial score (nSPS) is 15.0. The quantitative estimate of drug-likeness (QED) is 0.843. The molecular formula is C13H18N2O4. The van der Waals surface area contributed by atoms with Gasteiger partial charge in [-0.3, -0.25) is 0 Å². The Hall–Kier alpha value is -1.98. The number of aromatic carboxylic acids is 1. The van der Waals surface area contributed by atoms with Gasteiger partial charge < -0.3 is 19.3 Å². The van der Waals surface area contributed by atoms with Crippen LogP contribution < -0.4 is 0 Å². The van der Waals surface area contributed by atoms with Gasteiger partial charge >= 0.3 is 12.1 Å². The van der Waals surface area contributed by atoms with E-state index in [0.29, 0.717) is 19.6 Å². The average Bonchev–Trinajstić information content (AvgIpc) is 2.68. The summed E-state index contributed by atoms with van der Waals surface area (Å²) in [5, 5.41) is 9.03. The first kappa shape index (κ1) is 13.5. The van der Waals surface area contributed by atoms with Crippen molar-refractivity contribution in [3.05, 3.63) is 23.5 Å². The van der Waals surface area contributed by atoms with Crippen LogP contribution in [0.5, 0.6) is 0 Å². The van der Waals surface area contributed by atoms with Crippen molar-refractivity contribution in [1.82, 2.24) is 9.47 Å². The van der Waals surface area contributed by atoms with Crippen LogP contribution in [0.1, 0.15) is 37.0 Å². The standard InChI is InChI=1S/C13H18N2O4/c1-13(2,3)19-12(18)14-6-7-15-9(8-14)4-5-10(15)11(16)17/h4-5H,6-8H2,1-3H3,(H,16,17). The molecule has 1 aliphatic heterocycles. The van der Waals surface area contributed by atoms with Gasteiger partial charge in [-0.2, -0.15) is 0 Å². The van der Waals surface area contributed by atoms with Crippen molar-refractivity contribution in [2.24, 2.45) is 0 Å². The molecule has 6 nitrogen and oxygen atoms in total. The highest BCUT2D eigenvalue weighted by Crippen LogP contribution is 2.19. The second-order valence-electron chi connectivity index (χ2n) is 5.57. The smallest absolute Gasteiger partial charge is 0.410 e. The first-order chi connectivity index (χ1) is 8.78. The number of nitrogens with zero attached hydrogens (tertiary/aromatic N) is 2. The Morgan fingerprint density at radius 2 is 1.95 bits per heavy atom. The van der Waals surface area contributed by atoms with Gasteiger partial charge in [0.1, 0.15) is 11.3 Å². The molecule has 0 spiro atoms. The molecule has 0 fully saturated rings. The highest BCUT2D eigenvalue weighted by molar-refractivity contribution is 5.86. The monoisotopic (exact) mass is 266 g/mol. The Labute approximate surface area is 111 Å². The Morgan fingerprint density at radius 1 is 1.26 bits per heavy atom. The zero-order chi connectivity index (χ0) is 14.2. The molecule has 0 saturated heterocycles. The van der Waals surface area contributed by atoms with Crippen LogP contribution >= 0.6 is 0 Å². The fourth-order valence-corrected chi connectivity index (χ4v) is 2.08. The number of rotatable bonds is 1. The minimum Gasteiger partial charge on any atom is -0.477 e. The Morgan fingerprint density at radius 3 is 2.53 bits per heavy atom. The Kier molecular flexibility index (Phi) is 3.26. The number of hydrogen-bond donors (Lipinski definition) is 1. The van der Waals surface area contributed by atoms with Crippen molar-refractivity contribution < 1.29 is 19.4 Å². The van der Waals surface area contributed by atoms with Gasteiger partial charge in [-0.15, -0.1) is 0 Å². The van der Waals surface area contributed by atoms with E-state index < -0.39 is 11.6 Å². The number of carboxylic acids is 1. The van der Waals surface area contributed by atoms with E-state index in [2.05, 4.69) is 0 Å². The van der Waals surface area contributed by atoms with E-state index >= 15 is 0 Å². The molecule has 6 heteroatoms. The minimum absolute atomic E-state index is 0.263. The van der Waals surface area contributed by atoms with E-state index in [4.69, 9.17) is 9.84 Å². The van der Waals surface area contributed by atoms with Crippen LogP contribution in [0.2, 0.25) is 0 Å². The van der Waals surface area contributed by atoms with Crippen LogP contribution in [0, 0.1) is 0 Å². The summed E-state index contributed by atoms with van der Waals surface area (Å²) in [6, 6.07) is 3.30. The summed E-state index contributed by atoms with van der Waals surface area (Å²) >= 11 is 0. The van der Waals surface area contributed by atoms with Gasteiger partial charge in [0.05, 0.1) is 6.54 Å². The van der Waals surface area contributed by atoms with Crippen LogP contribution in [0.3, 0.4) is 0 Å². The zero-order valence-corrected chi connectivity index (χ0v) is 11.3. The molecule has 0 aliphatic carbocycles. The highest BCUT2D eigenvalue weighted by atomic mass is 16.6. The van der Waals surface area contributed by atoms with Crippen molar-refractivity contribution in [3.8, 4) is 0 Å². The molecular weight excluding hydrogens is 248 g/mol. The van der Waals surface area contributed by atoms with Crippen molar-refractivity contribution in [2.75, 3.05) is 6.54 Å². The molecule has 1 aromatic heterocycles. The molecule has 0 atom stereocenters. The van der Waals surface area contributed by atoms with E-state index in [1.165, 1.54) is 0 Å². The summed E-state index contributed by atoms with van der Waals surface area (Å²) < 4.78 is 7.03. The summed E-state index contributed by atoms with van der Waals surface area (Å²) in [5.41, 5.74) is 0.552. The SMILES string of the molecule is CC(C)(C)OC(=O)N1CCn2c(ccc2C(=O)O)C1. The first-order valence-corrected chi connectivity index (χ1v) is 6.17. The molecule has 104 valence electrons. The van der Waals surface area contributed by atoms with Gasteiger partial charge in [-0.05, 0) is 32.9 Å². The third-order valence-corrected chi connectivity index (χ3v) is 2.89. The lowest BCUT2D eigenvalue weighted by Gasteiger charge is -2.31. The summed E-state index contributed by atoms with van der Waals surface area (Å²) in [5.74, 6) is -0.947. The highest BCUT2D eigenvalue weighted by Gasteiger charge is 2.27. The molecule has 0 aromatic carbocycles. The number of aromatic nitrogens is 1. The third kappa shape index (κ3) is 2.89. The second-order valence-corrected chi connectivity index (χ2v) is 5.57. The lowest BCUT2D eigenvalue weighted by atomic mass is 10.2. The van der Waals surface area contributed by atoms with Crippen molar-refractivity contribution in [1.29, 1.82) is 0 Å². The van der Waals surface area contributed by atoms with Gasteiger partial charge in [0, 0.05) is 18.8 Å². The van der Waals surface area contributed by atoms with Crippen LogP contribution in [0.25, 0.3) is 0 Å². The van der Waals surface area contributed by atoms with Crippen LogP contribution in [0.4, 0.5) is 4.79 Å². The van der Waals surface area contributed by atoms with Gasteiger partial charge in [0.2, 0.25) is 0 Å². The van der Waals surface area contributed by atoms with Gasteiger partial charge in [-0.1, -0.05) is 0 Å². The predicted octanol–water partition coefficient (Wildman–Crippen LogP) is 1.94. The van der Waals surface area contributed by atoms with Crippen LogP contribution in [-0.2, 0) is 17.8 Å². The van der Waals surface area contributed by atoms with E-state index in [-0.39, 0.29) is 11.8 Å². The fraction of sp³-hybridized carbons (Fsp3) is 0.538. The molecule has 1 aliphatic rings. The Balaban J connectivity index is 2.11. The molecule has 1 N–H and O–H groups in total. The molecule has 19 heavy (non-hydrogen) atoms. The van der Waals surface area contributed by atoms with Gasteiger partial charge in [0.15, 0.2) is 0 Å². The average molecular weight is 266 g/mol. The first-order valence-electron chi connectivity index (χ1n) is 6.17. The number of amides is 1. The summed E-state index contributed by atoms with van der Waals surface area (Å²) in [7, 11) is 0. The third-order valence-electron chi connectivity index (χ3n) is 2.89.